The van der Waals surface area contributed by atoms with Crippen molar-refractivity contribution in [2.24, 2.45) is 5.92 Å². The molecule has 3 rings (SSSR count). The molecule has 0 amide bonds. The molecule has 2 aliphatic rings. The van der Waals surface area contributed by atoms with E-state index in [-0.39, 0.29) is 11.5 Å². The molecule has 20 heavy (non-hydrogen) atoms. The molecule has 2 fully saturated rings. The number of ether oxygens (including phenoxy) is 2. The van der Waals surface area contributed by atoms with Crippen molar-refractivity contribution >= 4 is 5.78 Å². The Kier molecular flexibility index (Phi) is 3.74. The van der Waals surface area contributed by atoms with Crippen LogP contribution in [0.3, 0.4) is 0 Å². The van der Waals surface area contributed by atoms with Crippen molar-refractivity contribution in [3.8, 4) is 5.88 Å². The van der Waals surface area contributed by atoms with Gasteiger partial charge in [0.1, 0.15) is 5.78 Å². The van der Waals surface area contributed by atoms with Gasteiger partial charge in [0.15, 0.2) is 0 Å². The molecule has 1 atom stereocenters. The topological polar surface area (TPSA) is 48.4 Å². The standard InChI is InChI=1S/C16H21NO3/c1-19-15-4-3-12(11-17-15)9-14(18)13-5-8-20-16(10-13)6-2-7-16/h3-4,11,13H,2,5-10H2,1H3. The van der Waals surface area contributed by atoms with E-state index < -0.39 is 0 Å². The van der Waals surface area contributed by atoms with E-state index in [1.165, 1.54) is 6.42 Å². The molecule has 1 aliphatic carbocycles. The van der Waals surface area contributed by atoms with Gasteiger partial charge in [-0.15, -0.1) is 0 Å². The van der Waals surface area contributed by atoms with E-state index in [1.54, 1.807) is 19.4 Å². The van der Waals surface area contributed by atoms with Crippen molar-refractivity contribution in [2.75, 3.05) is 13.7 Å². The van der Waals surface area contributed by atoms with Crippen LogP contribution in [0.15, 0.2) is 18.3 Å². The molecule has 1 aromatic heterocycles. The second kappa shape index (κ2) is 5.52. The van der Waals surface area contributed by atoms with Crippen LogP contribution in [0.1, 0.15) is 37.7 Å². The number of aromatic nitrogens is 1. The lowest BCUT2D eigenvalue weighted by atomic mass is 9.71. The summed E-state index contributed by atoms with van der Waals surface area (Å²) in [5.74, 6) is 1.07. The number of pyridine rings is 1. The second-order valence-corrected chi connectivity index (χ2v) is 5.93. The summed E-state index contributed by atoms with van der Waals surface area (Å²) in [5.41, 5.74) is 1.00. The molecule has 1 saturated heterocycles. The number of methoxy groups -OCH3 is 1. The first kappa shape index (κ1) is 13.6. The van der Waals surface area contributed by atoms with Crippen LogP contribution in [-0.4, -0.2) is 30.1 Å². The minimum Gasteiger partial charge on any atom is -0.481 e. The van der Waals surface area contributed by atoms with Crippen LogP contribution in [0, 0.1) is 5.92 Å². The lowest BCUT2D eigenvalue weighted by Gasteiger charge is -2.46. The van der Waals surface area contributed by atoms with Crippen molar-refractivity contribution in [3.63, 3.8) is 0 Å². The van der Waals surface area contributed by atoms with E-state index >= 15 is 0 Å². The summed E-state index contributed by atoms with van der Waals surface area (Å²) in [4.78, 5) is 16.6. The predicted molar refractivity (Wildman–Crippen MR) is 74.8 cm³/mol. The molecule has 108 valence electrons. The summed E-state index contributed by atoms with van der Waals surface area (Å²) < 4.78 is 10.9. The van der Waals surface area contributed by atoms with Crippen molar-refractivity contribution < 1.29 is 14.3 Å². The van der Waals surface area contributed by atoms with Crippen LogP contribution in [-0.2, 0) is 16.0 Å². The monoisotopic (exact) mass is 275 g/mol. The van der Waals surface area contributed by atoms with Crippen LogP contribution in [0.25, 0.3) is 0 Å². The summed E-state index contributed by atoms with van der Waals surface area (Å²) >= 11 is 0. The normalized spacial score (nSPS) is 24.1. The first-order chi connectivity index (χ1) is 9.71. The zero-order valence-electron chi connectivity index (χ0n) is 11.9. The molecule has 4 heteroatoms. The van der Waals surface area contributed by atoms with E-state index in [0.717, 1.165) is 37.9 Å². The Labute approximate surface area is 119 Å². The quantitative estimate of drug-likeness (QED) is 0.847. The van der Waals surface area contributed by atoms with Crippen molar-refractivity contribution in [1.29, 1.82) is 0 Å². The Morgan fingerprint density at radius 3 is 2.95 bits per heavy atom. The third kappa shape index (κ3) is 2.70. The van der Waals surface area contributed by atoms with Crippen LogP contribution in [0.4, 0.5) is 0 Å². The minimum absolute atomic E-state index is 0.0384. The van der Waals surface area contributed by atoms with E-state index in [2.05, 4.69) is 4.98 Å². The van der Waals surface area contributed by atoms with E-state index in [1.807, 2.05) is 6.07 Å². The van der Waals surface area contributed by atoms with Crippen molar-refractivity contribution in [3.05, 3.63) is 23.9 Å². The molecular formula is C16H21NO3. The highest BCUT2D eigenvalue weighted by molar-refractivity contribution is 5.83. The van der Waals surface area contributed by atoms with Crippen molar-refractivity contribution in [2.45, 2.75) is 44.1 Å². The number of carbonyl (C=O) groups is 1. The summed E-state index contributed by atoms with van der Waals surface area (Å²) in [6, 6.07) is 3.72. The Balaban J connectivity index is 1.60. The summed E-state index contributed by atoms with van der Waals surface area (Å²) in [5, 5.41) is 0. The van der Waals surface area contributed by atoms with Gasteiger partial charge in [-0.1, -0.05) is 6.07 Å². The van der Waals surface area contributed by atoms with Crippen LogP contribution in [0.5, 0.6) is 5.88 Å². The number of hydrogen-bond acceptors (Lipinski definition) is 4. The molecule has 1 aliphatic heterocycles. The second-order valence-electron chi connectivity index (χ2n) is 5.93. The van der Waals surface area contributed by atoms with Crippen molar-refractivity contribution in [1.82, 2.24) is 4.98 Å². The fourth-order valence-electron chi connectivity index (χ4n) is 3.20. The van der Waals surface area contributed by atoms with Crippen LogP contribution in [0.2, 0.25) is 0 Å². The lowest BCUT2D eigenvalue weighted by Crippen LogP contribution is -2.47. The maximum Gasteiger partial charge on any atom is 0.212 e. The Morgan fingerprint density at radius 1 is 1.50 bits per heavy atom. The van der Waals surface area contributed by atoms with Crippen LogP contribution >= 0.6 is 0 Å². The largest absolute Gasteiger partial charge is 0.481 e. The molecule has 1 unspecified atom stereocenters. The molecule has 0 radical (unpaired) electrons. The summed E-state index contributed by atoms with van der Waals surface area (Å²) in [7, 11) is 1.59. The lowest BCUT2D eigenvalue weighted by molar-refractivity contribution is -0.155. The minimum atomic E-state index is 0.0384. The average Bonchev–Trinajstić information content (AvgIpc) is 2.46. The Bertz CT molecular complexity index is 479. The highest BCUT2D eigenvalue weighted by atomic mass is 16.5. The average molecular weight is 275 g/mol. The smallest absolute Gasteiger partial charge is 0.212 e. The van der Waals surface area contributed by atoms with Gasteiger partial charge >= 0.3 is 0 Å². The number of nitrogens with zero attached hydrogens (tertiary/aromatic N) is 1. The first-order valence-corrected chi connectivity index (χ1v) is 7.36. The maximum atomic E-state index is 12.4. The van der Waals surface area contributed by atoms with Gasteiger partial charge < -0.3 is 9.47 Å². The Morgan fingerprint density at radius 2 is 2.35 bits per heavy atom. The molecular weight excluding hydrogens is 254 g/mol. The third-order valence-corrected chi connectivity index (χ3v) is 4.60. The molecule has 1 aromatic rings. The van der Waals surface area contributed by atoms with Gasteiger partial charge in [-0.05, 0) is 37.7 Å². The fraction of sp³-hybridized carbons (Fsp3) is 0.625. The van der Waals surface area contributed by atoms with Gasteiger partial charge in [-0.2, -0.15) is 0 Å². The highest BCUT2D eigenvalue weighted by Gasteiger charge is 2.44. The molecule has 0 aromatic carbocycles. The third-order valence-electron chi connectivity index (χ3n) is 4.60. The van der Waals surface area contributed by atoms with Gasteiger partial charge in [-0.3, -0.25) is 4.79 Å². The molecule has 1 spiro atoms. The molecule has 4 nitrogen and oxygen atoms in total. The number of rotatable bonds is 4. The fourth-order valence-corrected chi connectivity index (χ4v) is 3.20. The number of ketones is 1. The number of carbonyl (C=O) groups excluding carboxylic acids is 1. The SMILES string of the molecule is COc1ccc(CC(=O)C2CCOC3(CCC3)C2)cn1. The predicted octanol–water partition coefficient (Wildman–Crippen LogP) is 2.55. The first-order valence-electron chi connectivity index (χ1n) is 7.36. The maximum absolute atomic E-state index is 12.4. The zero-order chi connectivity index (χ0) is 14.0. The molecule has 0 N–H and O–H groups in total. The van der Waals surface area contributed by atoms with Gasteiger partial charge in [-0.25, -0.2) is 4.98 Å². The van der Waals surface area contributed by atoms with Gasteiger partial charge in [0, 0.05) is 31.2 Å². The van der Waals surface area contributed by atoms with E-state index in [4.69, 9.17) is 9.47 Å². The zero-order valence-corrected chi connectivity index (χ0v) is 11.9. The molecule has 1 saturated carbocycles. The van der Waals surface area contributed by atoms with Gasteiger partial charge in [0.2, 0.25) is 5.88 Å². The molecule has 0 bridgehead atoms. The van der Waals surface area contributed by atoms with Crippen LogP contribution < -0.4 is 4.74 Å². The van der Waals surface area contributed by atoms with E-state index in [0.29, 0.717) is 18.1 Å². The number of hydrogen-bond donors (Lipinski definition) is 0. The molecule has 2 heterocycles. The highest BCUT2D eigenvalue weighted by Crippen LogP contribution is 2.44. The van der Waals surface area contributed by atoms with Gasteiger partial charge in [0.05, 0.1) is 12.7 Å². The van der Waals surface area contributed by atoms with Gasteiger partial charge in [0.25, 0.3) is 0 Å². The number of Topliss-reactive ketones (excluding diaryl/α,β-unsaturated/α-hetero) is 1. The Hall–Kier alpha value is -1.42. The summed E-state index contributed by atoms with van der Waals surface area (Å²) in [6.45, 7) is 0.733. The van der Waals surface area contributed by atoms with E-state index in [9.17, 15) is 4.79 Å². The summed E-state index contributed by atoms with van der Waals surface area (Å²) in [6.07, 6.45) is 7.47.